The number of hydrogen-bond acceptors (Lipinski definition) is 3. The van der Waals surface area contributed by atoms with Gasteiger partial charge in [-0.2, -0.15) is 0 Å². The van der Waals surface area contributed by atoms with Crippen molar-refractivity contribution >= 4 is 38.3 Å². The molecule has 0 fully saturated rings. The minimum atomic E-state index is 0.659. The second-order valence-electron chi connectivity index (χ2n) is 4.70. The molecular formula is C16H16BrN3O. The van der Waals surface area contributed by atoms with Crippen LogP contribution in [0, 0.1) is 0 Å². The summed E-state index contributed by atoms with van der Waals surface area (Å²) in [5.74, 6) is 0.819. The molecule has 0 aliphatic rings. The molecule has 0 atom stereocenters. The van der Waals surface area contributed by atoms with Gasteiger partial charge in [0.25, 0.3) is 0 Å². The fourth-order valence-electron chi connectivity index (χ4n) is 2.30. The zero-order valence-corrected chi connectivity index (χ0v) is 13.3. The van der Waals surface area contributed by atoms with Crippen LogP contribution in [0.4, 0.5) is 11.6 Å². The summed E-state index contributed by atoms with van der Waals surface area (Å²) >= 11 is 3.59. The Balaban J connectivity index is 1.96. The van der Waals surface area contributed by atoms with Crippen LogP contribution >= 0.6 is 15.9 Å². The Hall–Kier alpha value is -1.85. The van der Waals surface area contributed by atoms with Crippen molar-refractivity contribution in [3.63, 3.8) is 0 Å². The van der Waals surface area contributed by atoms with Crippen LogP contribution in [-0.4, -0.2) is 23.3 Å². The minimum Gasteiger partial charge on any atom is -0.383 e. The number of ether oxygens (including phenoxy) is 1. The molecule has 5 heteroatoms. The van der Waals surface area contributed by atoms with E-state index in [2.05, 4.69) is 44.4 Å². The van der Waals surface area contributed by atoms with Crippen molar-refractivity contribution in [2.24, 2.45) is 0 Å². The quantitative estimate of drug-likeness (QED) is 0.753. The van der Waals surface area contributed by atoms with Gasteiger partial charge in [0.2, 0.25) is 5.95 Å². The number of benzene rings is 2. The van der Waals surface area contributed by atoms with Crippen molar-refractivity contribution in [1.82, 2.24) is 9.55 Å². The lowest BCUT2D eigenvalue weighted by Crippen LogP contribution is -2.07. The van der Waals surface area contributed by atoms with Crippen molar-refractivity contribution < 1.29 is 4.74 Å². The van der Waals surface area contributed by atoms with E-state index in [4.69, 9.17) is 4.74 Å². The van der Waals surface area contributed by atoms with Crippen LogP contribution < -0.4 is 5.32 Å². The van der Waals surface area contributed by atoms with Gasteiger partial charge in [0.15, 0.2) is 0 Å². The largest absolute Gasteiger partial charge is 0.383 e. The minimum absolute atomic E-state index is 0.659. The maximum atomic E-state index is 5.12. The predicted octanol–water partition coefficient (Wildman–Crippen LogP) is 4.19. The summed E-state index contributed by atoms with van der Waals surface area (Å²) in [5.41, 5.74) is 1.04. The molecule has 1 aromatic heterocycles. The summed E-state index contributed by atoms with van der Waals surface area (Å²) in [4.78, 5) is 4.38. The smallest absolute Gasteiger partial charge is 0.207 e. The van der Waals surface area contributed by atoms with Gasteiger partial charge in [0, 0.05) is 41.6 Å². The van der Waals surface area contributed by atoms with Gasteiger partial charge in [-0.1, -0.05) is 40.2 Å². The third-order valence-corrected chi connectivity index (χ3v) is 4.06. The second kappa shape index (κ2) is 6.28. The summed E-state index contributed by atoms with van der Waals surface area (Å²) < 4.78 is 8.25. The number of rotatable bonds is 5. The molecule has 0 unspecified atom stereocenters. The van der Waals surface area contributed by atoms with Gasteiger partial charge in [0.05, 0.1) is 6.61 Å². The van der Waals surface area contributed by atoms with Gasteiger partial charge in [-0.05, 0) is 17.5 Å². The lowest BCUT2D eigenvalue weighted by atomic mass is 10.1. The van der Waals surface area contributed by atoms with Gasteiger partial charge in [-0.15, -0.1) is 0 Å². The summed E-state index contributed by atoms with van der Waals surface area (Å²) in [5, 5.41) is 5.75. The number of nitrogens with one attached hydrogen (secondary N) is 1. The van der Waals surface area contributed by atoms with Crippen LogP contribution in [0.3, 0.4) is 0 Å². The van der Waals surface area contributed by atoms with E-state index >= 15 is 0 Å². The third-order valence-electron chi connectivity index (χ3n) is 3.37. The Morgan fingerprint density at radius 2 is 2.00 bits per heavy atom. The van der Waals surface area contributed by atoms with Crippen molar-refractivity contribution in [2.45, 2.75) is 6.54 Å². The second-order valence-corrected chi connectivity index (χ2v) is 5.56. The predicted molar refractivity (Wildman–Crippen MR) is 89.0 cm³/mol. The first-order valence-electron chi connectivity index (χ1n) is 6.74. The average Bonchev–Trinajstić information content (AvgIpc) is 2.95. The van der Waals surface area contributed by atoms with Gasteiger partial charge >= 0.3 is 0 Å². The maximum absolute atomic E-state index is 5.12. The normalized spacial score (nSPS) is 11.0. The van der Waals surface area contributed by atoms with Crippen LogP contribution in [0.1, 0.15) is 0 Å². The number of nitrogens with zero attached hydrogens (tertiary/aromatic N) is 2. The molecular weight excluding hydrogens is 330 g/mol. The molecule has 0 amide bonds. The highest BCUT2D eigenvalue weighted by Gasteiger charge is 2.07. The Bertz CT molecular complexity index is 754. The molecule has 21 heavy (non-hydrogen) atoms. The molecule has 0 saturated heterocycles. The van der Waals surface area contributed by atoms with Crippen molar-refractivity contribution in [3.05, 3.63) is 53.3 Å². The molecule has 0 aliphatic carbocycles. The molecule has 0 saturated carbocycles. The van der Waals surface area contributed by atoms with Crippen molar-refractivity contribution in [3.8, 4) is 0 Å². The number of fused-ring (bicyclic) bond motifs is 1. The van der Waals surface area contributed by atoms with Crippen LogP contribution in [0.15, 0.2) is 53.3 Å². The van der Waals surface area contributed by atoms with E-state index in [0.29, 0.717) is 6.61 Å². The van der Waals surface area contributed by atoms with Gasteiger partial charge in [-0.3, -0.25) is 0 Å². The molecule has 3 rings (SSSR count). The fourth-order valence-corrected chi connectivity index (χ4v) is 2.77. The molecule has 0 radical (unpaired) electrons. The summed E-state index contributed by atoms with van der Waals surface area (Å²) in [6.45, 7) is 1.43. The van der Waals surface area contributed by atoms with Crippen molar-refractivity contribution in [1.29, 1.82) is 0 Å². The van der Waals surface area contributed by atoms with Crippen LogP contribution in [0.2, 0.25) is 0 Å². The molecule has 0 spiro atoms. The molecule has 0 bridgehead atoms. The van der Waals surface area contributed by atoms with Crippen LogP contribution in [0.5, 0.6) is 0 Å². The highest BCUT2D eigenvalue weighted by Crippen LogP contribution is 2.31. The number of hydrogen-bond donors (Lipinski definition) is 1. The third kappa shape index (κ3) is 2.94. The average molecular weight is 346 g/mol. The zero-order chi connectivity index (χ0) is 14.7. The number of anilines is 2. The molecule has 0 aliphatic heterocycles. The Labute approximate surface area is 131 Å². The highest BCUT2D eigenvalue weighted by molar-refractivity contribution is 9.10. The summed E-state index contributed by atoms with van der Waals surface area (Å²) in [6, 6.07) is 12.4. The molecule has 1 N–H and O–H groups in total. The van der Waals surface area contributed by atoms with Crippen LogP contribution in [-0.2, 0) is 11.3 Å². The summed E-state index contributed by atoms with van der Waals surface area (Å²) in [6.07, 6.45) is 3.74. The first-order chi connectivity index (χ1) is 10.3. The standard InChI is InChI=1S/C16H16BrN3O/c1-21-11-10-20-9-8-18-16(20)19-15-7-6-14(17)12-4-2-3-5-13(12)15/h2-9H,10-11H2,1H3,(H,18,19). The lowest BCUT2D eigenvalue weighted by molar-refractivity contribution is 0.188. The number of imidazole rings is 1. The van der Waals surface area contributed by atoms with E-state index in [-0.39, 0.29) is 0 Å². The molecule has 2 aromatic carbocycles. The van der Waals surface area contributed by atoms with Crippen LogP contribution in [0.25, 0.3) is 10.8 Å². The topological polar surface area (TPSA) is 39.1 Å². The summed E-state index contributed by atoms with van der Waals surface area (Å²) in [7, 11) is 1.70. The highest BCUT2D eigenvalue weighted by atomic mass is 79.9. The molecule has 4 nitrogen and oxygen atoms in total. The SMILES string of the molecule is COCCn1ccnc1Nc1ccc(Br)c2ccccc12. The van der Waals surface area contributed by atoms with E-state index < -0.39 is 0 Å². The molecule has 108 valence electrons. The Morgan fingerprint density at radius 3 is 2.81 bits per heavy atom. The molecule has 1 heterocycles. The Morgan fingerprint density at radius 1 is 1.19 bits per heavy atom. The van der Waals surface area contributed by atoms with Gasteiger partial charge in [0.1, 0.15) is 0 Å². The molecule has 3 aromatic rings. The lowest BCUT2D eigenvalue weighted by Gasteiger charge is -2.12. The first kappa shape index (κ1) is 14.1. The number of halogens is 1. The van der Waals surface area contributed by atoms with E-state index in [1.54, 1.807) is 13.3 Å². The fraction of sp³-hybridized carbons (Fsp3) is 0.188. The maximum Gasteiger partial charge on any atom is 0.207 e. The van der Waals surface area contributed by atoms with Gasteiger partial charge in [-0.25, -0.2) is 4.98 Å². The Kier molecular flexibility index (Phi) is 4.22. The number of methoxy groups -OCH3 is 1. The van der Waals surface area contributed by atoms with E-state index in [0.717, 1.165) is 28.0 Å². The van der Waals surface area contributed by atoms with E-state index in [1.807, 2.05) is 29.0 Å². The first-order valence-corrected chi connectivity index (χ1v) is 7.53. The van der Waals surface area contributed by atoms with E-state index in [1.165, 1.54) is 5.39 Å². The monoisotopic (exact) mass is 345 g/mol. The van der Waals surface area contributed by atoms with E-state index in [9.17, 15) is 0 Å². The van der Waals surface area contributed by atoms with Gasteiger partial charge < -0.3 is 14.6 Å². The number of aromatic nitrogens is 2. The van der Waals surface area contributed by atoms with Crippen molar-refractivity contribution in [2.75, 3.05) is 19.0 Å². The zero-order valence-electron chi connectivity index (χ0n) is 11.7.